The molecule has 0 spiro atoms. The van der Waals surface area contributed by atoms with Gasteiger partial charge in [0.15, 0.2) is 11.9 Å². The smallest absolute Gasteiger partial charge is 0.284 e. The molecule has 35 heavy (non-hydrogen) atoms. The van der Waals surface area contributed by atoms with Gasteiger partial charge in [0.25, 0.3) is 11.5 Å². The highest BCUT2D eigenvalue weighted by molar-refractivity contribution is 8.23. The first-order chi connectivity index (χ1) is 16.5. The molecule has 186 valence electrons. The number of anilines is 1. The molecule has 0 saturated heterocycles. The number of amidine groups is 1. The van der Waals surface area contributed by atoms with Crippen molar-refractivity contribution >= 4 is 39.1 Å². The number of rotatable bonds is 7. The van der Waals surface area contributed by atoms with Gasteiger partial charge in [-0.1, -0.05) is 36.8 Å². The molecule has 3 aromatic rings. The van der Waals surface area contributed by atoms with E-state index in [2.05, 4.69) is 15.1 Å². The third-order valence-electron chi connectivity index (χ3n) is 5.38. The summed E-state index contributed by atoms with van der Waals surface area (Å²) in [6.07, 6.45) is -0.934. The molecule has 0 fully saturated rings. The second kappa shape index (κ2) is 9.13. The van der Waals surface area contributed by atoms with Crippen molar-refractivity contribution in [3.63, 3.8) is 0 Å². The molecule has 1 aliphatic rings. The lowest BCUT2D eigenvalue weighted by atomic mass is 10.1. The highest BCUT2D eigenvalue weighted by atomic mass is 32.3. The predicted octanol–water partition coefficient (Wildman–Crippen LogP) is 3.06. The predicted molar refractivity (Wildman–Crippen MR) is 136 cm³/mol. The van der Waals surface area contributed by atoms with E-state index < -0.39 is 28.3 Å². The fourth-order valence-corrected chi connectivity index (χ4v) is 4.75. The SMILES string of the molecule is CC(C)CNn1c(=O)c(C2=NS(O)(O)c3cc(OC(C)C(N)=O)ccc3N2)c(O)c2ccccc21. The number of primary amides is 1. The van der Waals surface area contributed by atoms with Crippen LogP contribution in [0.4, 0.5) is 5.69 Å². The molecule has 1 amide bonds. The number of pyridine rings is 1. The fraction of sp³-hybridized carbons (Fsp3) is 0.261. The Morgan fingerprint density at radius 3 is 2.63 bits per heavy atom. The van der Waals surface area contributed by atoms with Crippen LogP contribution in [0, 0.1) is 5.92 Å². The highest BCUT2D eigenvalue weighted by Gasteiger charge is 2.31. The monoisotopic (exact) mass is 501 g/mol. The quantitative estimate of drug-likeness (QED) is 0.287. The lowest BCUT2D eigenvalue weighted by molar-refractivity contribution is -0.123. The van der Waals surface area contributed by atoms with Crippen molar-refractivity contribution in [2.45, 2.75) is 31.8 Å². The van der Waals surface area contributed by atoms with Gasteiger partial charge >= 0.3 is 0 Å². The van der Waals surface area contributed by atoms with Gasteiger partial charge in [-0.2, -0.15) is 0 Å². The number of aromatic hydroxyl groups is 1. The van der Waals surface area contributed by atoms with Crippen LogP contribution in [0.3, 0.4) is 0 Å². The van der Waals surface area contributed by atoms with Gasteiger partial charge in [0.1, 0.15) is 22.0 Å². The Balaban J connectivity index is 1.82. The summed E-state index contributed by atoms with van der Waals surface area (Å²) < 4.78 is 32.4. The van der Waals surface area contributed by atoms with Crippen LogP contribution >= 0.6 is 10.8 Å². The Morgan fingerprint density at radius 2 is 1.94 bits per heavy atom. The average Bonchev–Trinajstić information content (AvgIpc) is 2.79. The maximum absolute atomic E-state index is 13.5. The number of ether oxygens (including phenoxy) is 1. The first-order valence-corrected chi connectivity index (χ1v) is 12.4. The number of nitrogens with zero attached hydrogens (tertiary/aromatic N) is 2. The Bertz CT molecular complexity index is 1400. The third kappa shape index (κ3) is 4.63. The van der Waals surface area contributed by atoms with Crippen molar-refractivity contribution < 1.29 is 23.7 Å². The van der Waals surface area contributed by atoms with Crippen LogP contribution in [0.15, 0.2) is 56.6 Å². The maximum Gasteiger partial charge on any atom is 0.284 e. The lowest BCUT2D eigenvalue weighted by Crippen LogP contribution is -2.37. The molecular formula is C23H27N5O6S. The fourth-order valence-electron chi connectivity index (χ4n) is 3.57. The van der Waals surface area contributed by atoms with E-state index in [0.29, 0.717) is 17.4 Å². The van der Waals surface area contributed by atoms with Crippen molar-refractivity contribution in [1.82, 2.24) is 4.68 Å². The maximum atomic E-state index is 13.5. The molecule has 1 aliphatic heterocycles. The standard InChI is InChI=1S/C23H27N5O6S/c1-12(2)11-25-28-17-7-5-4-6-15(17)20(29)19(23(28)31)22-26-16-9-8-14(34-13(3)21(24)30)10-18(16)35(32,33)27-22/h4-10,12-13,25,29,32-33H,11H2,1-3H3,(H2,24,30)(H,26,27). The van der Waals surface area contributed by atoms with Crippen LogP contribution in [-0.2, 0) is 4.79 Å². The summed E-state index contributed by atoms with van der Waals surface area (Å²) in [6, 6.07) is 11.1. The van der Waals surface area contributed by atoms with Gasteiger partial charge < -0.3 is 26.3 Å². The van der Waals surface area contributed by atoms with Crippen molar-refractivity contribution in [1.29, 1.82) is 0 Å². The van der Waals surface area contributed by atoms with Gasteiger partial charge in [-0.3, -0.25) is 18.7 Å². The van der Waals surface area contributed by atoms with Gasteiger partial charge in [0.05, 0.1) is 11.2 Å². The molecule has 0 aliphatic carbocycles. The molecule has 12 heteroatoms. The normalized spacial score (nSPS) is 16.1. The van der Waals surface area contributed by atoms with Crippen LogP contribution < -0.4 is 26.8 Å². The molecule has 1 aromatic heterocycles. The summed E-state index contributed by atoms with van der Waals surface area (Å²) in [5, 5.41) is 14.3. The van der Waals surface area contributed by atoms with Crippen molar-refractivity contribution in [2.75, 3.05) is 17.3 Å². The van der Waals surface area contributed by atoms with Crippen LogP contribution in [0.25, 0.3) is 10.9 Å². The Labute approximate surface area is 202 Å². The van der Waals surface area contributed by atoms with Gasteiger partial charge in [0, 0.05) is 18.0 Å². The zero-order valence-corrected chi connectivity index (χ0v) is 20.2. The van der Waals surface area contributed by atoms with Gasteiger partial charge in [-0.25, -0.2) is 4.68 Å². The second-order valence-corrected chi connectivity index (χ2v) is 10.2. The molecule has 0 bridgehead atoms. The van der Waals surface area contributed by atoms with E-state index >= 15 is 0 Å². The molecule has 1 unspecified atom stereocenters. The van der Waals surface area contributed by atoms with E-state index in [4.69, 9.17) is 10.5 Å². The number of aromatic nitrogens is 1. The molecule has 11 nitrogen and oxygen atoms in total. The van der Waals surface area contributed by atoms with E-state index in [1.54, 1.807) is 24.3 Å². The summed E-state index contributed by atoms with van der Waals surface area (Å²) in [6.45, 7) is 5.93. The molecule has 1 atom stereocenters. The van der Waals surface area contributed by atoms with Crippen molar-refractivity contribution in [3.05, 3.63) is 58.4 Å². The molecule has 2 heterocycles. The molecule has 4 rings (SSSR count). The van der Waals surface area contributed by atoms with Gasteiger partial charge in [-0.15, -0.1) is 4.40 Å². The molecular weight excluding hydrogens is 474 g/mol. The zero-order valence-electron chi connectivity index (χ0n) is 19.3. The van der Waals surface area contributed by atoms with E-state index in [9.17, 15) is 23.8 Å². The number of fused-ring (bicyclic) bond motifs is 2. The molecule has 0 radical (unpaired) electrons. The van der Waals surface area contributed by atoms with E-state index in [-0.39, 0.29) is 39.4 Å². The number of para-hydroxylation sites is 1. The van der Waals surface area contributed by atoms with Crippen LogP contribution in [-0.4, -0.2) is 43.3 Å². The summed E-state index contributed by atoms with van der Waals surface area (Å²) in [4.78, 5) is 24.8. The number of nitrogens with two attached hydrogens (primary N) is 1. The minimum Gasteiger partial charge on any atom is -0.506 e. The van der Waals surface area contributed by atoms with Crippen LogP contribution in [0.2, 0.25) is 0 Å². The first kappa shape index (κ1) is 24.4. The highest BCUT2D eigenvalue weighted by Crippen LogP contribution is 2.56. The minimum absolute atomic E-state index is 0.00829. The topological polar surface area (TPSA) is 171 Å². The average molecular weight is 502 g/mol. The first-order valence-electron chi connectivity index (χ1n) is 10.9. The third-order valence-corrected chi connectivity index (χ3v) is 6.75. The number of carbonyl (C=O) groups is 1. The summed E-state index contributed by atoms with van der Waals surface area (Å²) in [5.41, 5.74) is 8.19. The number of amides is 1. The Kier molecular flexibility index (Phi) is 6.36. The van der Waals surface area contributed by atoms with Crippen LogP contribution in [0.5, 0.6) is 11.5 Å². The molecule has 2 aromatic carbocycles. The largest absolute Gasteiger partial charge is 0.506 e. The molecule has 0 saturated carbocycles. The van der Waals surface area contributed by atoms with Crippen molar-refractivity contribution in [2.24, 2.45) is 16.0 Å². The number of benzene rings is 2. The number of carbonyl (C=O) groups excluding carboxylic acids is 1. The Hall–Kier alpha value is -3.74. The lowest BCUT2D eigenvalue weighted by Gasteiger charge is -2.34. The summed E-state index contributed by atoms with van der Waals surface area (Å²) in [7, 11) is -3.79. The van der Waals surface area contributed by atoms with Crippen molar-refractivity contribution in [3.8, 4) is 11.5 Å². The molecule has 7 N–H and O–H groups in total. The second-order valence-electron chi connectivity index (χ2n) is 8.54. The van der Waals surface area contributed by atoms with E-state index in [1.807, 2.05) is 13.8 Å². The van der Waals surface area contributed by atoms with E-state index in [1.165, 1.54) is 29.8 Å². The Morgan fingerprint density at radius 1 is 1.23 bits per heavy atom. The number of hydrogen-bond donors (Lipinski definition) is 6. The van der Waals surface area contributed by atoms with E-state index in [0.717, 1.165) is 0 Å². The number of hydrogen-bond acceptors (Lipinski definition) is 9. The van der Waals surface area contributed by atoms with Gasteiger partial charge in [-0.05, 0) is 37.1 Å². The zero-order chi connectivity index (χ0) is 25.5. The van der Waals surface area contributed by atoms with Gasteiger partial charge in [0.2, 0.25) is 0 Å². The minimum atomic E-state index is -3.79. The summed E-state index contributed by atoms with van der Waals surface area (Å²) >= 11 is 0. The van der Waals surface area contributed by atoms with Crippen LogP contribution in [0.1, 0.15) is 26.3 Å². The summed E-state index contributed by atoms with van der Waals surface area (Å²) in [5.74, 6) is -0.792. The number of nitrogens with one attached hydrogen (secondary N) is 2.